The minimum Gasteiger partial charge on any atom is -0.434 e. The van der Waals surface area contributed by atoms with Gasteiger partial charge in [0.2, 0.25) is 0 Å². The Morgan fingerprint density at radius 3 is 2.45 bits per heavy atom. The van der Waals surface area contributed by atoms with Gasteiger partial charge in [0.25, 0.3) is 0 Å². The first kappa shape index (κ1) is 15.2. The lowest BCUT2D eigenvalue weighted by atomic mass is 9.87. The molecule has 112 valence electrons. The highest BCUT2D eigenvalue weighted by atomic mass is 19.3. The zero-order valence-electron chi connectivity index (χ0n) is 12.1. The Hall–Kier alpha value is -1.16. The van der Waals surface area contributed by atoms with Crippen LogP contribution in [0.5, 0.6) is 5.75 Å². The number of rotatable bonds is 5. The van der Waals surface area contributed by atoms with Crippen molar-refractivity contribution in [3.63, 3.8) is 0 Å². The van der Waals surface area contributed by atoms with Crippen LogP contribution in [0.4, 0.5) is 8.78 Å². The van der Waals surface area contributed by atoms with Gasteiger partial charge in [0, 0.05) is 17.6 Å². The Labute approximate surface area is 119 Å². The second kappa shape index (κ2) is 7.02. The zero-order chi connectivity index (χ0) is 14.5. The van der Waals surface area contributed by atoms with Crippen LogP contribution in [-0.2, 0) is 0 Å². The van der Waals surface area contributed by atoms with E-state index in [4.69, 9.17) is 0 Å². The number of alkyl halides is 2. The van der Waals surface area contributed by atoms with E-state index in [2.05, 4.69) is 17.0 Å². The molecule has 1 fully saturated rings. The largest absolute Gasteiger partial charge is 0.434 e. The third-order valence-electron chi connectivity index (χ3n) is 4.10. The first-order valence-corrected chi connectivity index (χ1v) is 7.36. The van der Waals surface area contributed by atoms with E-state index in [9.17, 15) is 8.78 Å². The Balaban J connectivity index is 1.99. The van der Waals surface area contributed by atoms with Crippen molar-refractivity contribution in [1.29, 1.82) is 0 Å². The molecule has 1 aromatic rings. The third-order valence-corrected chi connectivity index (χ3v) is 4.10. The lowest BCUT2D eigenvalue weighted by molar-refractivity contribution is -0.0507. The molecule has 0 aliphatic heterocycles. The Morgan fingerprint density at radius 1 is 1.15 bits per heavy atom. The number of nitrogens with one attached hydrogen (secondary N) is 1. The highest BCUT2D eigenvalue weighted by Crippen LogP contribution is 2.29. The average Bonchev–Trinajstić information content (AvgIpc) is 2.41. The average molecular weight is 283 g/mol. The summed E-state index contributed by atoms with van der Waals surface area (Å²) in [6, 6.07) is 7.51. The Kier molecular flexibility index (Phi) is 5.35. The van der Waals surface area contributed by atoms with E-state index in [1.54, 1.807) is 12.1 Å². The Morgan fingerprint density at radius 2 is 1.80 bits per heavy atom. The fourth-order valence-electron chi connectivity index (χ4n) is 2.91. The van der Waals surface area contributed by atoms with E-state index in [0.29, 0.717) is 6.04 Å². The smallest absolute Gasteiger partial charge is 0.387 e. The predicted molar refractivity (Wildman–Crippen MR) is 76.0 cm³/mol. The van der Waals surface area contributed by atoms with Crippen LogP contribution in [0.15, 0.2) is 24.3 Å². The maximum atomic E-state index is 12.4. The molecule has 0 spiro atoms. The molecule has 1 aliphatic rings. The number of hydrogen-bond acceptors (Lipinski definition) is 2. The molecule has 1 saturated carbocycles. The van der Waals surface area contributed by atoms with Crippen molar-refractivity contribution in [1.82, 2.24) is 5.32 Å². The number of benzene rings is 1. The van der Waals surface area contributed by atoms with Crippen LogP contribution in [-0.4, -0.2) is 12.7 Å². The SMILES string of the molecule is CC1CCC(NC(C)c2ccccc2OC(F)F)CC1. The van der Waals surface area contributed by atoms with Crippen molar-refractivity contribution in [3.05, 3.63) is 29.8 Å². The normalized spacial score (nSPS) is 24.6. The van der Waals surface area contributed by atoms with Gasteiger partial charge in [-0.25, -0.2) is 0 Å². The van der Waals surface area contributed by atoms with Crippen molar-refractivity contribution in [2.75, 3.05) is 0 Å². The van der Waals surface area contributed by atoms with Gasteiger partial charge in [-0.1, -0.05) is 25.1 Å². The van der Waals surface area contributed by atoms with Crippen LogP contribution in [0.1, 0.15) is 51.1 Å². The summed E-state index contributed by atoms with van der Waals surface area (Å²) in [5.41, 5.74) is 0.798. The number of ether oxygens (including phenoxy) is 1. The van der Waals surface area contributed by atoms with E-state index < -0.39 is 6.61 Å². The second-order valence-electron chi connectivity index (χ2n) is 5.76. The maximum absolute atomic E-state index is 12.4. The van der Waals surface area contributed by atoms with Gasteiger partial charge in [0.15, 0.2) is 0 Å². The molecule has 0 heterocycles. The molecular formula is C16H23F2NO. The summed E-state index contributed by atoms with van der Waals surface area (Å²) < 4.78 is 29.4. The van der Waals surface area contributed by atoms with Crippen LogP contribution in [0.3, 0.4) is 0 Å². The number of hydrogen-bond donors (Lipinski definition) is 1. The molecule has 1 aliphatic carbocycles. The summed E-state index contributed by atoms with van der Waals surface area (Å²) >= 11 is 0. The molecule has 0 radical (unpaired) electrons. The summed E-state index contributed by atoms with van der Waals surface area (Å²) in [7, 11) is 0. The van der Waals surface area contributed by atoms with Crippen molar-refractivity contribution in [2.24, 2.45) is 5.92 Å². The predicted octanol–water partition coefficient (Wildman–Crippen LogP) is 4.52. The summed E-state index contributed by atoms with van der Waals surface area (Å²) in [5, 5.41) is 3.54. The third kappa shape index (κ3) is 4.17. The minimum atomic E-state index is -2.78. The molecule has 1 unspecified atom stereocenters. The lowest BCUT2D eigenvalue weighted by Crippen LogP contribution is -2.34. The summed E-state index contributed by atoms with van der Waals surface area (Å²) in [5.74, 6) is 1.07. The fraction of sp³-hybridized carbons (Fsp3) is 0.625. The molecule has 1 N–H and O–H groups in total. The Bertz CT molecular complexity index is 417. The first-order valence-electron chi connectivity index (χ1n) is 7.36. The van der Waals surface area contributed by atoms with Gasteiger partial charge in [-0.15, -0.1) is 0 Å². The zero-order valence-corrected chi connectivity index (χ0v) is 12.1. The van der Waals surface area contributed by atoms with Crippen LogP contribution < -0.4 is 10.1 Å². The maximum Gasteiger partial charge on any atom is 0.387 e. The van der Waals surface area contributed by atoms with Gasteiger partial charge < -0.3 is 10.1 Å². The molecule has 0 aromatic heterocycles. The highest BCUT2D eigenvalue weighted by Gasteiger charge is 2.21. The van der Waals surface area contributed by atoms with Gasteiger partial charge >= 0.3 is 6.61 Å². The fourth-order valence-corrected chi connectivity index (χ4v) is 2.91. The van der Waals surface area contributed by atoms with E-state index >= 15 is 0 Å². The molecule has 20 heavy (non-hydrogen) atoms. The van der Waals surface area contributed by atoms with Gasteiger partial charge in [0.05, 0.1) is 0 Å². The monoisotopic (exact) mass is 283 g/mol. The topological polar surface area (TPSA) is 21.3 Å². The van der Waals surface area contributed by atoms with E-state index in [1.165, 1.54) is 12.8 Å². The molecule has 0 amide bonds. The molecule has 4 heteroatoms. The molecule has 0 saturated heterocycles. The summed E-state index contributed by atoms with van der Waals surface area (Å²) in [6.45, 7) is 1.51. The van der Waals surface area contributed by atoms with Crippen LogP contribution in [0, 0.1) is 5.92 Å². The van der Waals surface area contributed by atoms with Crippen molar-refractivity contribution in [3.8, 4) is 5.75 Å². The van der Waals surface area contributed by atoms with E-state index in [1.807, 2.05) is 19.1 Å². The van der Waals surface area contributed by atoms with Gasteiger partial charge in [-0.2, -0.15) is 8.78 Å². The molecular weight excluding hydrogens is 260 g/mol. The van der Waals surface area contributed by atoms with Gasteiger partial charge in [-0.3, -0.25) is 0 Å². The van der Waals surface area contributed by atoms with Crippen molar-refractivity contribution >= 4 is 0 Å². The standard InChI is InChI=1S/C16H23F2NO/c1-11-7-9-13(10-8-11)19-12(2)14-5-3-4-6-15(14)20-16(17)18/h3-6,11-13,16,19H,7-10H2,1-2H3. The highest BCUT2D eigenvalue weighted by molar-refractivity contribution is 5.35. The molecule has 1 atom stereocenters. The number of halogens is 2. The second-order valence-corrected chi connectivity index (χ2v) is 5.76. The first-order chi connectivity index (χ1) is 9.56. The molecule has 0 bridgehead atoms. The lowest BCUT2D eigenvalue weighted by Gasteiger charge is -2.30. The van der Waals surface area contributed by atoms with Crippen molar-refractivity contribution < 1.29 is 13.5 Å². The molecule has 2 rings (SSSR count). The summed E-state index contributed by atoms with van der Waals surface area (Å²) in [4.78, 5) is 0. The van der Waals surface area contributed by atoms with Crippen molar-refractivity contribution in [2.45, 2.75) is 58.2 Å². The molecule has 1 aromatic carbocycles. The van der Waals surface area contributed by atoms with Crippen LogP contribution in [0.25, 0.3) is 0 Å². The van der Waals surface area contributed by atoms with Gasteiger partial charge in [-0.05, 0) is 44.6 Å². The minimum absolute atomic E-state index is 0.0170. The quantitative estimate of drug-likeness (QED) is 0.858. The van der Waals surface area contributed by atoms with Crippen LogP contribution in [0.2, 0.25) is 0 Å². The van der Waals surface area contributed by atoms with E-state index in [0.717, 1.165) is 24.3 Å². The summed E-state index contributed by atoms with van der Waals surface area (Å²) in [6.07, 6.45) is 4.78. The van der Waals surface area contributed by atoms with Gasteiger partial charge in [0.1, 0.15) is 5.75 Å². The number of para-hydroxylation sites is 1. The molecule has 2 nitrogen and oxygen atoms in total. The van der Waals surface area contributed by atoms with Crippen LogP contribution >= 0.6 is 0 Å². The van der Waals surface area contributed by atoms with E-state index in [-0.39, 0.29) is 11.8 Å².